The Balaban J connectivity index is 1.64. The first kappa shape index (κ1) is 15.5. The van der Waals surface area contributed by atoms with Crippen LogP contribution in [0.15, 0.2) is 45.9 Å². The Bertz CT molecular complexity index is 880. The molecule has 0 aliphatic carbocycles. The molecule has 0 unspecified atom stereocenters. The van der Waals surface area contributed by atoms with Crippen LogP contribution in [0.5, 0.6) is 5.75 Å². The molecular weight excluding hydrogens is 336 g/mol. The van der Waals surface area contributed by atoms with Gasteiger partial charge in [-0.1, -0.05) is 11.6 Å². The molecule has 3 rings (SSSR count). The molecule has 0 atom stereocenters. The highest BCUT2D eigenvalue weighted by atomic mass is 35.5. The number of nitrogens with one attached hydrogen (secondary N) is 1. The average Bonchev–Trinajstić information content (AvgIpc) is 3.12. The van der Waals surface area contributed by atoms with Crippen molar-refractivity contribution in [2.45, 2.75) is 13.5 Å². The lowest BCUT2D eigenvalue weighted by Crippen LogP contribution is -1.94. The van der Waals surface area contributed by atoms with Crippen LogP contribution in [0.4, 0.5) is 0 Å². The van der Waals surface area contributed by atoms with Crippen LogP contribution in [0, 0.1) is 11.7 Å². The number of benzene rings is 1. The van der Waals surface area contributed by atoms with Crippen LogP contribution in [-0.2, 0) is 6.61 Å². The van der Waals surface area contributed by atoms with Crippen molar-refractivity contribution in [3.8, 4) is 5.75 Å². The first-order valence-electron chi connectivity index (χ1n) is 6.77. The van der Waals surface area contributed by atoms with Gasteiger partial charge in [0.2, 0.25) is 4.77 Å². The molecule has 0 radical (unpaired) electrons. The van der Waals surface area contributed by atoms with Crippen LogP contribution in [-0.4, -0.2) is 21.1 Å². The number of halogens is 1. The summed E-state index contributed by atoms with van der Waals surface area (Å²) in [5.41, 5.74) is 0. The third-order valence-electron chi connectivity index (χ3n) is 2.99. The van der Waals surface area contributed by atoms with Gasteiger partial charge in [0.1, 0.15) is 29.7 Å². The predicted octanol–water partition coefficient (Wildman–Crippen LogP) is 3.96. The number of H-pyrrole nitrogens is 1. The lowest BCUT2D eigenvalue weighted by molar-refractivity contribution is 0.270. The van der Waals surface area contributed by atoms with Crippen molar-refractivity contribution in [1.29, 1.82) is 0 Å². The molecule has 23 heavy (non-hydrogen) atoms. The number of ether oxygens (including phenoxy) is 1. The quantitative estimate of drug-likeness (QED) is 0.559. The number of nitrogens with zero attached hydrogens (tertiary/aromatic N) is 3. The van der Waals surface area contributed by atoms with E-state index in [2.05, 4.69) is 15.3 Å². The summed E-state index contributed by atoms with van der Waals surface area (Å²) in [5.74, 6) is 2.68. The first-order valence-corrected chi connectivity index (χ1v) is 7.56. The summed E-state index contributed by atoms with van der Waals surface area (Å²) >= 11 is 10.9. The normalized spacial score (nSPS) is 11.2. The molecule has 6 nitrogen and oxygen atoms in total. The van der Waals surface area contributed by atoms with E-state index in [1.54, 1.807) is 37.4 Å². The standard InChI is InChI=1S/C15H13ClN4O2S/c1-10-18-19-15(23)20(10)17-8-13-6-7-14(22-13)9-21-12-4-2-11(16)3-5-12/h2-8H,9H2,1H3,(H,19,23)/b17-8-. The topological polar surface area (TPSA) is 68.3 Å². The van der Waals surface area contributed by atoms with E-state index in [4.69, 9.17) is 33.0 Å². The van der Waals surface area contributed by atoms with Crippen LogP contribution >= 0.6 is 23.8 Å². The molecule has 0 amide bonds. The van der Waals surface area contributed by atoms with E-state index >= 15 is 0 Å². The molecule has 2 heterocycles. The molecule has 0 saturated heterocycles. The van der Waals surface area contributed by atoms with E-state index in [0.717, 1.165) is 5.75 Å². The van der Waals surface area contributed by atoms with Gasteiger partial charge in [0, 0.05) is 5.02 Å². The number of hydrogen-bond donors (Lipinski definition) is 1. The number of aromatic nitrogens is 3. The van der Waals surface area contributed by atoms with Gasteiger partial charge < -0.3 is 9.15 Å². The lowest BCUT2D eigenvalue weighted by Gasteiger charge is -2.03. The predicted molar refractivity (Wildman–Crippen MR) is 89.6 cm³/mol. The number of aromatic amines is 1. The Morgan fingerprint density at radius 1 is 1.35 bits per heavy atom. The van der Waals surface area contributed by atoms with Crippen LogP contribution in [0.3, 0.4) is 0 Å². The van der Waals surface area contributed by atoms with Gasteiger partial charge in [-0.15, -0.1) is 0 Å². The second-order valence-electron chi connectivity index (χ2n) is 4.68. The minimum Gasteiger partial charge on any atom is -0.486 e. The Morgan fingerprint density at radius 2 is 2.13 bits per heavy atom. The third kappa shape index (κ3) is 3.88. The van der Waals surface area contributed by atoms with Crippen LogP contribution < -0.4 is 4.74 Å². The molecule has 0 aliphatic rings. The summed E-state index contributed by atoms with van der Waals surface area (Å²) in [5, 5.41) is 11.5. The van der Waals surface area contributed by atoms with Crippen molar-refractivity contribution in [1.82, 2.24) is 14.9 Å². The highest BCUT2D eigenvalue weighted by molar-refractivity contribution is 7.71. The SMILES string of the molecule is Cc1n[nH]c(=S)n1/N=C\c1ccc(COc2ccc(Cl)cc2)o1. The molecule has 118 valence electrons. The molecular formula is C15H13ClN4O2S. The van der Waals surface area contributed by atoms with Crippen molar-refractivity contribution in [2.24, 2.45) is 5.10 Å². The Labute approximate surface area is 142 Å². The molecule has 0 saturated carbocycles. The molecule has 0 aliphatic heterocycles. The Hall–Kier alpha value is -2.38. The molecule has 8 heteroatoms. The van der Waals surface area contributed by atoms with Gasteiger partial charge in [0.15, 0.2) is 0 Å². The number of rotatable bonds is 5. The van der Waals surface area contributed by atoms with Crippen LogP contribution in [0.25, 0.3) is 0 Å². The van der Waals surface area contributed by atoms with E-state index in [9.17, 15) is 0 Å². The zero-order chi connectivity index (χ0) is 16.2. The molecule has 0 fully saturated rings. The highest BCUT2D eigenvalue weighted by Crippen LogP contribution is 2.17. The Morgan fingerprint density at radius 3 is 2.83 bits per heavy atom. The third-order valence-corrected chi connectivity index (χ3v) is 3.51. The summed E-state index contributed by atoms with van der Waals surface area (Å²) in [6.45, 7) is 2.12. The van der Waals surface area contributed by atoms with Gasteiger partial charge in [-0.05, 0) is 55.5 Å². The number of hydrogen-bond acceptors (Lipinski definition) is 5. The van der Waals surface area contributed by atoms with Crippen LogP contribution in [0.2, 0.25) is 5.02 Å². The minimum atomic E-state index is 0.319. The average molecular weight is 349 g/mol. The maximum absolute atomic E-state index is 5.83. The van der Waals surface area contributed by atoms with Gasteiger partial charge in [-0.2, -0.15) is 14.9 Å². The smallest absolute Gasteiger partial charge is 0.216 e. The minimum absolute atomic E-state index is 0.319. The zero-order valence-electron chi connectivity index (χ0n) is 12.2. The van der Waals surface area contributed by atoms with Crippen molar-refractivity contribution in [3.63, 3.8) is 0 Å². The summed E-state index contributed by atoms with van der Waals surface area (Å²) in [7, 11) is 0. The van der Waals surface area contributed by atoms with Crippen LogP contribution in [0.1, 0.15) is 17.3 Å². The van der Waals surface area contributed by atoms with E-state index < -0.39 is 0 Å². The second kappa shape index (κ2) is 6.80. The Kier molecular flexibility index (Phi) is 4.59. The van der Waals surface area contributed by atoms with E-state index in [-0.39, 0.29) is 0 Å². The van der Waals surface area contributed by atoms with Gasteiger partial charge in [0.25, 0.3) is 0 Å². The van der Waals surface area contributed by atoms with Gasteiger partial charge in [-0.25, -0.2) is 0 Å². The van der Waals surface area contributed by atoms with Crippen molar-refractivity contribution >= 4 is 30.0 Å². The molecule has 1 N–H and O–H groups in total. The summed E-state index contributed by atoms with van der Waals surface area (Å²) in [6.07, 6.45) is 1.57. The monoisotopic (exact) mass is 348 g/mol. The van der Waals surface area contributed by atoms with Crippen molar-refractivity contribution in [3.05, 3.63) is 63.5 Å². The fourth-order valence-corrected chi connectivity index (χ4v) is 2.20. The number of aryl methyl sites for hydroxylation is 1. The summed E-state index contributed by atoms with van der Waals surface area (Å²) in [4.78, 5) is 0. The molecule has 3 aromatic rings. The molecule has 1 aromatic carbocycles. The fourth-order valence-electron chi connectivity index (χ4n) is 1.85. The van der Waals surface area contributed by atoms with Crippen molar-refractivity contribution < 1.29 is 9.15 Å². The van der Waals surface area contributed by atoms with E-state index in [0.29, 0.717) is 33.7 Å². The van der Waals surface area contributed by atoms with Crippen molar-refractivity contribution in [2.75, 3.05) is 0 Å². The summed E-state index contributed by atoms with van der Waals surface area (Å²) in [6, 6.07) is 10.8. The van der Waals surface area contributed by atoms with Gasteiger partial charge in [-0.3, -0.25) is 5.10 Å². The highest BCUT2D eigenvalue weighted by Gasteiger charge is 2.03. The zero-order valence-corrected chi connectivity index (χ0v) is 13.8. The molecule has 0 bridgehead atoms. The van der Waals surface area contributed by atoms with Gasteiger partial charge >= 0.3 is 0 Å². The molecule has 2 aromatic heterocycles. The molecule has 0 spiro atoms. The van der Waals surface area contributed by atoms with E-state index in [1.165, 1.54) is 4.68 Å². The van der Waals surface area contributed by atoms with Gasteiger partial charge in [0.05, 0.1) is 6.21 Å². The van der Waals surface area contributed by atoms with E-state index in [1.807, 2.05) is 12.1 Å². The number of furan rings is 1. The maximum Gasteiger partial charge on any atom is 0.216 e. The second-order valence-corrected chi connectivity index (χ2v) is 5.50. The fraction of sp³-hybridized carbons (Fsp3) is 0.133. The summed E-state index contributed by atoms with van der Waals surface area (Å²) < 4.78 is 13.2. The lowest BCUT2D eigenvalue weighted by atomic mass is 10.3. The maximum atomic E-state index is 5.83. The first-order chi connectivity index (χ1) is 11.1. The largest absolute Gasteiger partial charge is 0.486 e.